The van der Waals surface area contributed by atoms with Crippen molar-refractivity contribution in [1.29, 1.82) is 0 Å². The quantitative estimate of drug-likeness (QED) is 0.799. The van der Waals surface area contributed by atoms with Gasteiger partial charge in [-0.3, -0.25) is 9.69 Å². The van der Waals surface area contributed by atoms with Gasteiger partial charge in [-0.2, -0.15) is 0 Å². The van der Waals surface area contributed by atoms with Crippen molar-refractivity contribution in [2.75, 3.05) is 7.05 Å². The average molecular weight is 269 g/mol. The highest BCUT2D eigenvalue weighted by Gasteiger charge is 2.31. The van der Waals surface area contributed by atoms with Crippen LogP contribution in [0.3, 0.4) is 0 Å². The molecule has 19 heavy (non-hydrogen) atoms. The first kappa shape index (κ1) is 16.4. The van der Waals surface area contributed by atoms with E-state index in [2.05, 4.69) is 31.1 Å². The molecule has 1 rings (SSSR count). The van der Waals surface area contributed by atoms with Crippen molar-refractivity contribution in [3.05, 3.63) is 0 Å². The second-order valence-corrected chi connectivity index (χ2v) is 6.50. The number of nitrogens with two attached hydrogens (primary N) is 1. The van der Waals surface area contributed by atoms with Gasteiger partial charge in [0, 0.05) is 18.1 Å². The highest BCUT2D eigenvalue weighted by atomic mass is 16.2. The Morgan fingerprint density at radius 2 is 1.79 bits per heavy atom. The molecule has 112 valence electrons. The van der Waals surface area contributed by atoms with E-state index in [1.54, 1.807) is 0 Å². The van der Waals surface area contributed by atoms with E-state index in [-0.39, 0.29) is 17.9 Å². The summed E-state index contributed by atoms with van der Waals surface area (Å²) >= 11 is 0. The summed E-state index contributed by atoms with van der Waals surface area (Å²) in [5.41, 5.74) is 5.93. The molecule has 0 heterocycles. The molecule has 0 unspecified atom stereocenters. The average Bonchev–Trinajstić information content (AvgIpc) is 2.37. The molecule has 4 heteroatoms. The van der Waals surface area contributed by atoms with E-state index in [1.165, 1.54) is 12.8 Å². The molecule has 0 aliphatic heterocycles. The molecule has 0 aromatic carbocycles. The van der Waals surface area contributed by atoms with Gasteiger partial charge in [0.05, 0.1) is 6.04 Å². The lowest BCUT2D eigenvalue weighted by Crippen LogP contribution is -2.57. The lowest BCUT2D eigenvalue weighted by Gasteiger charge is -2.40. The zero-order chi connectivity index (χ0) is 14.6. The summed E-state index contributed by atoms with van der Waals surface area (Å²) in [5.74, 6) is 0.189. The first-order valence-corrected chi connectivity index (χ1v) is 7.62. The molecular weight excluding hydrogens is 238 g/mol. The molecule has 0 bridgehead atoms. The Morgan fingerprint density at radius 1 is 1.21 bits per heavy atom. The van der Waals surface area contributed by atoms with E-state index in [0.717, 1.165) is 12.8 Å². The zero-order valence-electron chi connectivity index (χ0n) is 13.1. The van der Waals surface area contributed by atoms with Gasteiger partial charge >= 0.3 is 0 Å². The fraction of sp³-hybridized carbons (Fsp3) is 0.933. The molecule has 0 saturated heterocycles. The summed E-state index contributed by atoms with van der Waals surface area (Å²) < 4.78 is 0. The van der Waals surface area contributed by atoms with Crippen LogP contribution >= 0.6 is 0 Å². The largest absolute Gasteiger partial charge is 0.350 e. The number of carbonyl (C=O) groups is 1. The zero-order valence-corrected chi connectivity index (χ0v) is 13.1. The molecule has 1 amide bonds. The minimum atomic E-state index is -0.396. The number of nitrogens with one attached hydrogen (secondary N) is 1. The van der Waals surface area contributed by atoms with Crippen LogP contribution in [0.5, 0.6) is 0 Å². The number of amides is 1. The van der Waals surface area contributed by atoms with Gasteiger partial charge < -0.3 is 11.1 Å². The molecule has 3 N–H and O–H groups in total. The maximum Gasteiger partial charge on any atom is 0.237 e. The SMILES string of the molecule is CC(C)[C@H](N)C(=O)N[C@@H]1CCCC[C@H]1N(C)C(C)C. The first-order chi connectivity index (χ1) is 8.84. The fourth-order valence-corrected chi connectivity index (χ4v) is 2.73. The summed E-state index contributed by atoms with van der Waals surface area (Å²) in [4.78, 5) is 14.5. The number of likely N-dealkylation sites (N-methyl/N-ethyl adjacent to an activating group) is 1. The molecule has 0 radical (unpaired) electrons. The van der Waals surface area contributed by atoms with Crippen LogP contribution in [0.4, 0.5) is 0 Å². The second-order valence-electron chi connectivity index (χ2n) is 6.50. The van der Waals surface area contributed by atoms with Crippen LogP contribution in [0.25, 0.3) is 0 Å². The third-order valence-electron chi connectivity index (χ3n) is 4.42. The molecule has 1 fully saturated rings. The van der Waals surface area contributed by atoms with Gasteiger partial charge in [-0.15, -0.1) is 0 Å². The highest BCUT2D eigenvalue weighted by molar-refractivity contribution is 5.82. The Balaban J connectivity index is 2.65. The van der Waals surface area contributed by atoms with E-state index < -0.39 is 6.04 Å². The molecule has 0 aromatic rings. The predicted molar refractivity (Wildman–Crippen MR) is 79.9 cm³/mol. The Kier molecular flexibility index (Phi) is 6.27. The minimum absolute atomic E-state index is 0.00376. The number of nitrogens with zero attached hydrogens (tertiary/aromatic N) is 1. The van der Waals surface area contributed by atoms with Crippen LogP contribution in [0.2, 0.25) is 0 Å². The first-order valence-electron chi connectivity index (χ1n) is 7.62. The molecule has 3 atom stereocenters. The molecular formula is C15H31N3O. The molecule has 0 spiro atoms. The highest BCUT2D eigenvalue weighted by Crippen LogP contribution is 2.24. The van der Waals surface area contributed by atoms with Crippen molar-refractivity contribution < 1.29 is 4.79 Å². The molecule has 4 nitrogen and oxygen atoms in total. The van der Waals surface area contributed by atoms with Gasteiger partial charge in [0.25, 0.3) is 0 Å². The van der Waals surface area contributed by atoms with Gasteiger partial charge in [0.15, 0.2) is 0 Å². The number of rotatable bonds is 5. The number of hydrogen-bond acceptors (Lipinski definition) is 3. The standard InChI is InChI=1S/C15H31N3O/c1-10(2)14(16)15(19)17-12-8-6-7-9-13(12)18(5)11(3)4/h10-14H,6-9,16H2,1-5H3,(H,17,19)/t12-,13-,14+/m1/s1. The van der Waals surface area contributed by atoms with E-state index in [1.807, 2.05) is 13.8 Å². The van der Waals surface area contributed by atoms with Gasteiger partial charge in [-0.1, -0.05) is 26.7 Å². The van der Waals surface area contributed by atoms with Crippen LogP contribution in [-0.2, 0) is 4.79 Å². The van der Waals surface area contributed by atoms with Crippen molar-refractivity contribution >= 4 is 5.91 Å². The third-order valence-corrected chi connectivity index (χ3v) is 4.42. The van der Waals surface area contributed by atoms with Crippen molar-refractivity contribution in [2.24, 2.45) is 11.7 Å². The predicted octanol–water partition coefficient (Wildman–Crippen LogP) is 1.74. The third kappa shape index (κ3) is 4.46. The smallest absolute Gasteiger partial charge is 0.237 e. The second kappa shape index (κ2) is 7.25. The minimum Gasteiger partial charge on any atom is -0.350 e. The summed E-state index contributed by atoms with van der Waals surface area (Å²) in [6.07, 6.45) is 4.68. The Hall–Kier alpha value is -0.610. The molecule has 1 aliphatic rings. The van der Waals surface area contributed by atoms with E-state index in [0.29, 0.717) is 12.1 Å². The maximum absolute atomic E-state index is 12.1. The van der Waals surface area contributed by atoms with E-state index >= 15 is 0 Å². The van der Waals surface area contributed by atoms with Crippen molar-refractivity contribution in [3.63, 3.8) is 0 Å². The molecule has 0 aromatic heterocycles. The molecule has 1 aliphatic carbocycles. The van der Waals surface area contributed by atoms with Crippen LogP contribution < -0.4 is 11.1 Å². The summed E-state index contributed by atoms with van der Waals surface area (Å²) in [7, 11) is 2.15. The maximum atomic E-state index is 12.1. The number of hydrogen-bond donors (Lipinski definition) is 2. The molecule has 1 saturated carbocycles. The lowest BCUT2D eigenvalue weighted by atomic mass is 9.88. The Bertz CT molecular complexity index is 291. The Morgan fingerprint density at radius 3 is 2.32 bits per heavy atom. The fourth-order valence-electron chi connectivity index (χ4n) is 2.73. The normalized spacial score (nSPS) is 25.9. The van der Waals surface area contributed by atoms with Crippen LogP contribution in [0.1, 0.15) is 53.4 Å². The number of carbonyl (C=O) groups excluding carboxylic acids is 1. The van der Waals surface area contributed by atoms with Gasteiger partial charge in [0.2, 0.25) is 5.91 Å². The van der Waals surface area contributed by atoms with E-state index in [4.69, 9.17) is 5.73 Å². The Labute approximate surface area is 118 Å². The van der Waals surface area contributed by atoms with Gasteiger partial charge in [-0.05, 0) is 39.7 Å². The summed E-state index contributed by atoms with van der Waals surface area (Å²) in [5, 5.41) is 3.18. The van der Waals surface area contributed by atoms with Crippen LogP contribution in [-0.4, -0.2) is 42.0 Å². The summed E-state index contributed by atoms with van der Waals surface area (Å²) in [6, 6.07) is 0.795. The van der Waals surface area contributed by atoms with Crippen molar-refractivity contribution in [1.82, 2.24) is 10.2 Å². The van der Waals surface area contributed by atoms with E-state index in [9.17, 15) is 4.79 Å². The van der Waals surface area contributed by atoms with Gasteiger partial charge in [-0.25, -0.2) is 0 Å². The monoisotopic (exact) mass is 269 g/mol. The van der Waals surface area contributed by atoms with Crippen LogP contribution in [0, 0.1) is 5.92 Å². The van der Waals surface area contributed by atoms with Gasteiger partial charge in [0.1, 0.15) is 0 Å². The van der Waals surface area contributed by atoms with Crippen LogP contribution in [0.15, 0.2) is 0 Å². The summed E-state index contributed by atoms with van der Waals surface area (Å²) in [6.45, 7) is 8.38. The van der Waals surface area contributed by atoms with Crippen molar-refractivity contribution in [2.45, 2.75) is 77.5 Å². The van der Waals surface area contributed by atoms with Crippen molar-refractivity contribution in [3.8, 4) is 0 Å². The topological polar surface area (TPSA) is 58.4 Å². The lowest BCUT2D eigenvalue weighted by molar-refractivity contribution is -0.124.